The van der Waals surface area contributed by atoms with Gasteiger partial charge in [0, 0.05) is 34.3 Å². The number of carbonyl (C=O) groups is 2. The van der Waals surface area contributed by atoms with Crippen molar-refractivity contribution in [3.63, 3.8) is 0 Å². The van der Waals surface area contributed by atoms with Crippen LogP contribution in [0.2, 0.25) is 5.02 Å². The van der Waals surface area contributed by atoms with Crippen molar-refractivity contribution in [1.29, 1.82) is 0 Å². The second-order valence-electron chi connectivity index (χ2n) is 8.18. The van der Waals surface area contributed by atoms with E-state index < -0.39 is 11.8 Å². The Kier molecular flexibility index (Phi) is 6.47. The number of benzene rings is 2. The number of methoxy groups -OCH3 is 1. The van der Waals surface area contributed by atoms with E-state index in [9.17, 15) is 9.59 Å². The second kappa shape index (κ2) is 9.29. The molecule has 2 aromatic rings. The summed E-state index contributed by atoms with van der Waals surface area (Å²) in [5, 5.41) is 0.562. The number of hydrogen-bond acceptors (Lipinski definition) is 5. The fourth-order valence-corrected chi connectivity index (χ4v) is 4.97. The van der Waals surface area contributed by atoms with Crippen LogP contribution >= 0.6 is 11.6 Å². The van der Waals surface area contributed by atoms with Crippen LogP contribution < -0.4 is 4.74 Å². The van der Waals surface area contributed by atoms with E-state index in [0.717, 1.165) is 22.6 Å². The quantitative estimate of drug-likeness (QED) is 0.564. The van der Waals surface area contributed by atoms with Gasteiger partial charge in [0.25, 0.3) is 0 Å². The minimum absolute atomic E-state index is 0.0163. The molecule has 4 rings (SSSR count). The van der Waals surface area contributed by atoms with Crippen LogP contribution in [-0.2, 0) is 14.3 Å². The van der Waals surface area contributed by atoms with E-state index in [1.165, 1.54) is 0 Å². The Morgan fingerprint density at radius 3 is 2.53 bits per heavy atom. The minimum atomic E-state index is -0.645. The van der Waals surface area contributed by atoms with Gasteiger partial charge in [-0.15, -0.1) is 0 Å². The van der Waals surface area contributed by atoms with Crippen LogP contribution in [0.4, 0.5) is 0 Å². The van der Waals surface area contributed by atoms with Gasteiger partial charge in [0.1, 0.15) is 11.7 Å². The Labute approximate surface area is 193 Å². The van der Waals surface area contributed by atoms with E-state index >= 15 is 0 Å². The first-order valence-corrected chi connectivity index (χ1v) is 11.2. The number of nitrogens with zero attached hydrogens (tertiary/aromatic N) is 1. The van der Waals surface area contributed by atoms with Crippen molar-refractivity contribution < 1.29 is 19.1 Å². The molecule has 2 aromatic carbocycles. The number of esters is 1. The third kappa shape index (κ3) is 4.22. The molecule has 0 spiro atoms. The lowest BCUT2D eigenvalue weighted by molar-refractivity contribution is -0.146. The average molecular weight is 452 g/mol. The smallest absolute Gasteiger partial charge is 0.315 e. The van der Waals surface area contributed by atoms with Crippen molar-refractivity contribution in [2.24, 2.45) is 10.9 Å². The number of aliphatic imine (C=N–C) groups is 1. The maximum atomic E-state index is 13.5. The molecule has 3 atom stereocenters. The molecule has 0 bridgehead atoms. The summed E-state index contributed by atoms with van der Waals surface area (Å²) in [7, 11) is 1.63. The third-order valence-electron chi connectivity index (χ3n) is 6.22. The predicted octanol–water partition coefficient (Wildman–Crippen LogP) is 5.49. The van der Waals surface area contributed by atoms with Gasteiger partial charge in [-0.1, -0.05) is 35.9 Å². The first kappa shape index (κ1) is 22.3. The number of Topliss-reactive ketones (excluding diaryl/α,β-unsaturated/α-hetero) is 1. The van der Waals surface area contributed by atoms with Crippen molar-refractivity contribution in [2.45, 2.75) is 38.5 Å². The zero-order valence-electron chi connectivity index (χ0n) is 18.4. The van der Waals surface area contributed by atoms with Crippen LogP contribution in [0.5, 0.6) is 5.75 Å². The van der Waals surface area contributed by atoms with E-state index in [4.69, 9.17) is 26.1 Å². The van der Waals surface area contributed by atoms with Crippen molar-refractivity contribution >= 4 is 29.1 Å². The van der Waals surface area contributed by atoms with Gasteiger partial charge in [-0.25, -0.2) is 0 Å². The fourth-order valence-electron chi connectivity index (χ4n) is 4.77. The largest absolute Gasteiger partial charge is 0.497 e. The Balaban J connectivity index is 1.77. The van der Waals surface area contributed by atoms with Gasteiger partial charge in [-0.3, -0.25) is 14.6 Å². The van der Waals surface area contributed by atoms with Crippen LogP contribution in [-0.4, -0.2) is 31.2 Å². The number of rotatable bonds is 5. The Morgan fingerprint density at radius 2 is 1.88 bits per heavy atom. The molecule has 0 N–H and O–H groups in total. The van der Waals surface area contributed by atoms with E-state index in [2.05, 4.69) is 0 Å². The summed E-state index contributed by atoms with van der Waals surface area (Å²) in [5.41, 5.74) is 3.93. The molecule has 5 nitrogen and oxygen atoms in total. The van der Waals surface area contributed by atoms with E-state index in [0.29, 0.717) is 29.1 Å². The predicted molar refractivity (Wildman–Crippen MR) is 124 cm³/mol. The van der Waals surface area contributed by atoms with Crippen LogP contribution in [0.1, 0.15) is 49.7 Å². The van der Waals surface area contributed by atoms with Crippen LogP contribution in [0.3, 0.4) is 0 Å². The van der Waals surface area contributed by atoms with Crippen molar-refractivity contribution in [1.82, 2.24) is 0 Å². The monoisotopic (exact) mass is 451 g/mol. The van der Waals surface area contributed by atoms with Crippen molar-refractivity contribution in [2.75, 3.05) is 13.7 Å². The SMILES string of the molecule is CCOC(=O)C1C(C)=NC2=C(C(=O)CC(c3ccc(OC)cc3)C2)C1c1cccc(Cl)c1. The van der Waals surface area contributed by atoms with Crippen LogP contribution in [0.15, 0.2) is 64.8 Å². The molecular weight excluding hydrogens is 426 g/mol. The normalized spacial score (nSPS) is 22.8. The van der Waals surface area contributed by atoms with Gasteiger partial charge in [-0.2, -0.15) is 0 Å². The number of ether oxygens (including phenoxy) is 2. The number of allylic oxidation sites excluding steroid dienone is 2. The Bertz CT molecular complexity index is 1100. The molecule has 1 aliphatic heterocycles. The number of ketones is 1. The van der Waals surface area contributed by atoms with Gasteiger partial charge < -0.3 is 9.47 Å². The highest BCUT2D eigenvalue weighted by Gasteiger charge is 2.44. The Morgan fingerprint density at radius 1 is 1.12 bits per heavy atom. The van der Waals surface area contributed by atoms with Gasteiger partial charge in [0.15, 0.2) is 5.78 Å². The highest BCUT2D eigenvalue weighted by Crippen LogP contribution is 2.47. The van der Waals surface area contributed by atoms with E-state index in [1.54, 1.807) is 20.1 Å². The summed E-state index contributed by atoms with van der Waals surface area (Å²) in [4.78, 5) is 31.2. The maximum Gasteiger partial charge on any atom is 0.315 e. The number of carbonyl (C=O) groups excluding carboxylic acids is 2. The van der Waals surface area contributed by atoms with E-state index in [-0.39, 0.29) is 24.3 Å². The lowest BCUT2D eigenvalue weighted by Crippen LogP contribution is -2.38. The molecule has 166 valence electrons. The summed E-state index contributed by atoms with van der Waals surface area (Å²) in [6.07, 6.45) is 1.00. The summed E-state index contributed by atoms with van der Waals surface area (Å²) in [5.74, 6) is -0.639. The zero-order chi connectivity index (χ0) is 22.8. The second-order valence-corrected chi connectivity index (χ2v) is 8.61. The first-order chi connectivity index (χ1) is 15.4. The minimum Gasteiger partial charge on any atom is -0.497 e. The zero-order valence-corrected chi connectivity index (χ0v) is 19.2. The molecule has 0 amide bonds. The molecule has 3 unspecified atom stereocenters. The Hall–Kier alpha value is -2.92. The third-order valence-corrected chi connectivity index (χ3v) is 6.46. The lowest BCUT2D eigenvalue weighted by atomic mass is 9.69. The highest BCUT2D eigenvalue weighted by atomic mass is 35.5. The van der Waals surface area contributed by atoms with Crippen molar-refractivity contribution in [3.8, 4) is 5.75 Å². The first-order valence-electron chi connectivity index (χ1n) is 10.8. The maximum absolute atomic E-state index is 13.5. The van der Waals surface area contributed by atoms with E-state index in [1.807, 2.05) is 49.4 Å². The lowest BCUT2D eigenvalue weighted by Gasteiger charge is -2.36. The summed E-state index contributed by atoms with van der Waals surface area (Å²) in [6, 6.07) is 15.2. The molecule has 0 radical (unpaired) electrons. The molecule has 1 aliphatic carbocycles. The molecule has 0 saturated heterocycles. The van der Waals surface area contributed by atoms with Crippen LogP contribution in [0, 0.1) is 5.92 Å². The number of halogens is 1. The molecule has 0 saturated carbocycles. The topological polar surface area (TPSA) is 65.0 Å². The highest BCUT2D eigenvalue weighted by molar-refractivity contribution is 6.30. The summed E-state index contributed by atoms with van der Waals surface area (Å²) in [6.45, 7) is 3.88. The molecule has 2 aliphatic rings. The molecule has 0 fully saturated rings. The van der Waals surface area contributed by atoms with Crippen molar-refractivity contribution in [3.05, 3.63) is 76.0 Å². The van der Waals surface area contributed by atoms with Gasteiger partial charge in [-0.05, 0) is 61.6 Å². The summed E-state index contributed by atoms with van der Waals surface area (Å²) < 4.78 is 10.6. The van der Waals surface area contributed by atoms with Gasteiger partial charge >= 0.3 is 5.97 Å². The van der Waals surface area contributed by atoms with Gasteiger partial charge in [0.2, 0.25) is 0 Å². The number of hydrogen-bond donors (Lipinski definition) is 0. The summed E-state index contributed by atoms with van der Waals surface area (Å²) >= 11 is 6.27. The fraction of sp³-hybridized carbons (Fsp3) is 0.346. The standard InChI is InChI=1S/C26H26ClNO4/c1-4-32-26(30)23-15(2)28-21-13-18(16-8-10-20(31-3)11-9-16)14-22(29)25(21)24(23)17-6-5-7-19(27)12-17/h5-12,18,23-24H,4,13-14H2,1-3H3. The van der Waals surface area contributed by atoms with Crippen LogP contribution in [0.25, 0.3) is 0 Å². The molecule has 0 aromatic heterocycles. The molecular formula is C26H26ClNO4. The molecule has 32 heavy (non-hydrogen) atoms. The molecule has 1 heterocycles. The average Bonchev–Trinajstić information content (AvgIpc) is 2.78. The molecule has 6 heteroatoms. The van der Waals surface area contributed by atoms with Gasteiger partial charge in [0.05, 0.1) is 13.7 Å².